The molecule has 2 heterocycles. The maximum atomic E-state index is 5.36. The van der Waals surface area contributed by atoms with E-state index in [1.165, 1.54) is 24.1 Å². The minimum atomic E-state index is 0. The molecule has 1 aliphatic heterocycles. The van der Waals surface area contributed by atoms with Gasteiger partial charge in [-0.1, -0.05) is 32.2 Å². The maximum absolute atomic E-state index is 5.36. The molecule has 91 valence electrons. The van der Waals surface area contributed by atoms with E-state index in [4.69, 9.17) is 4.74 Å². The second-order valence-electron chi connectivity index (χ2n) is 4.91. The van der Waals surface area contributed by atoms with Crippen molar-refractivity contribution in [3.05, 3.63) is 29.6 Å². The Balaban J connectivity index is 0.00000144. The number of rotatable bonds is 3. The summed E-state index contributed by atoms with van der Waals surface area (Å²) in [5.41, 5.74) is 2.38. The number of hydrogen-bond donors (Lipinski definition) is 0. The first kappa shape index (κ1) is 15.3. The minimum absolute atomic E-state index is 0. The van der Waals surface area contributed by atoms with Gasteiger partial charge in [-0.2, -0.15) is 12.1 Å². The first-order valence-electron chi connectivity index (χ1n) is 6.20. The normalized spacial score (nSPS) is 16.9. The molecule has 1 radical (unpaired) electrons. The smallest absolute Gasteiger partial charge is 0.0468 e. The fraction of sp³-hybridized carbons (Fsp3) is 0.643. The summed E-state index contributed by atoms with van der Waals surface area (Å²) in [6, 6.07) is 5.39. The van der Waals surface area contributed by atoms with Gasteiger partial charge in [0.25, 0.3) is 0 Å². The Morgan fingerprint density at radius 3 is 2.65 bits per heavy atom. The zero-order chi connectivity index (χ0) is 11.4. The van der Waals surface area contributed by atoms with Crippen molar-refractivity contribution in [1.29, 1.82) is 0 Å². The topological polar surface area (TPSA) is 22.1 Å². The van der Waals surface area contributed by atoms with Gasteiger partial charge in [0.15, 0.2) is 0 Å². The Morgan fingerprint density at radius 2 is 2.12 bits per heavy atom. The van der Waals surface area contributed by atoms with Crippen LogP contribution in [0.4, 0.5) is 0 Å². The zero-order valence-electron chi connectivity index (χ0n) is 10.8. The molecule has 0 atom stereocenters. The molecule has 3 heteroatoms. The van der Waals surface area contributed by atoms with E-state index in [-0.39, 0.29) is 32.7 Å². The van der Waals surface area contributed by atoms with Crippen molar-refractivity contribution < 1.29 is 37.4 Å². The van der Waals surface area contributed by atoms with Crippen LogP contribution in [0, 0.1) is 12.0 Å². The third-order valence-corrected chi connectivity index (χ3v) is 3.24. The number of pyridine rings is 1. The van der Waals surface area contributed by atoms with Crippen LogP contribution in [0.15, 0.2) is 12.3 Å². The molecule has 0 aromatic carbocycles. The Bertz CT molecular complexity index is 317. The molecule has 0 N–H and O–H groups in total. The van der Waals surface area contributed by atoms with Crippen molar-refractivity contribution in [2.45, 2.75) is 39.0 Å². The van der Waals surface area contributed by atoms with Crippen LogP contribution in [0.2, 0.25) is 0 Å². The molecule has 0 saturated carbocycles. The second kappa shape index (κ2) is 7.61. The van der Waals surface area contributed by atoms with E-state index in [1.54, 1.807) is 0 Å². The molecule has 1 aromatic rings. The molecule has 17 heavy (non-hydrogen) atoms. The van der Waals surface area contributed by atoms with Gasteiger partial charge in [-0.05, 0) is 24.7 Å². The maximum Gasteiger partial charge on any atom is 0.0468 e. The van der Waals surface area contributed by atoms with Crippen molar-refractivity contribution in [1.82, 2.24) is 4.98 Å². The van der Waals surface area contributed by atoms with Gasteiger partial charge in [0, 0.05) is 45.9 Å². The fourth-order valence-corrected chi connectivity index (χ4v) is 2.07. The largest absolute Gasteiger partial charge is 0.387 e. The number of aromatic nitrogens is 1. The summed E-state index contributed by atoms with van der Waals surface area (Å²) in [5.74, 6) is 1.27. The average molecular weight is 307 g/mol. The van der Waals surface area contributed by atoms with Gasteiger partial charge < -0.3 is 9.72 Å². The van der Waals surface area contributed by atoms with Gasteiger partial charge in [-0.3, -0.25) is 0 Å². The van der Waals surface area contributed by atoms with Gasteiger partial charge in [0.2, 0.25) is 0 Å². The standard InChI is InChI=1S/C14H20NO.Y/c1-11(2)13-3-4-14(15-10-13)9-12-5-7-16-8-6-12;/h4,10-12H,5-9H2,1-2H3;/q-1;. The molecule has 1 fully saturated rings. The Labute approximate surface area is 129 Å². The van der Waals surface area contributed by atoms with E-state index >= 15 is 0 Å². The minimum Gasteiger partial charge on any atom is -0.387 e. The summed E-state index contributed by atoms with van der Waals surface area (Å²) in [6.45, 7) is 6.17. The predicted molar refractivity (Wildman–Crippen MR) is 64.4 cm³/mol. The van der Waals surface area contributed by atoms with Crippen LogP contribution >= 0.6 is 0 Å². The molecule has 0 bridgehead atoms. The van der Waals surface area contributed by atoms with Gasteiger partial charge in [0.1, 0.15) is 0 Å². The van der Waals surface area contributed by atoms with Crippen LogP contribution in [-0.4, -0.2) is 18.2 Å². The SMILES string of the molecule is CC(C)c1[c-]cc(CC2CCOCC2)nc1.[Y]. The van der Waals surface area contributed by atoms with Crippen LogP contribution in [0.5, 0.6) is 0 Å². The number of nitrogens with zero attached hydrogens (tertiary/aromatic N) is 1. The molecule has 2 rings (SSSR count). The zero-order valence-corrected chi connectivity index (χ0v) is 13.6. The third kappa shape index (κ3) is 4.77. The molecule has 1 saturated heterocycles. The quantitative estimate of drug-likeness (QED) is 0.801. The average Bonchev–Trinajstić information content (AvgIpc) is 2.31. The molecule has 0 amide bonds. The molecular formula is C14H20NOY-. The van der Waals surface area contributed by atoms with Crippen molar-refractivity contribution in [3.63, 3.8) is 0 Å². The van der Waals surface area contributed by atoms with Gasteiger partial charge in [-0.25, -0.2) is 0 Å². The summed E-state index contributed by atoms with van der Waals surface area (Å²) in [5, 5.41) is 0. The second-order valence-corrected chi connectivity index (χ2v) is 4.91. The summed E-state index contributed by atoms with van der Waals surface area (Å²) in [4.78, 5) is 4.52. The molecule has 0 spiro atoms. The molecule has 0 unspecified atom stereocenters. The monoisotopic (exact) mass is 307 g/mol. The van der Waals surface area contributed by atoms with E-state index in [1.807, 2.05) is 6.20 Å². The van der Waals surface area contributed by atoms with Crippen LogP contribution in [-0.2, 0) is 43.9 Å². The van der Waals surface area contributed by atoms with Crippen molar-refractivity contribution in [3.8, 4) is 0 Å². The van der Waals surface area contributed by atoms with Crippen LogP contribution < -0.4 is 0 Å². The fourth-order valence-electron chi connectivity index (χ4n) is 2.07. The van der Waals surface area contributed by atoms with E-state index in [0.717, 1.165) is 25.6 Å². The van der Waals surface area contributed by atoms with Gasteiger partial charge in [0.05, 0.1) is 0 Å². The number of hydrogen-bond acceptors (Lipinski definition) is 2. The Hall–Kier alpha value is 0.214. The first-order chi connectivity index (χ1) is 7.75. The summed E-state index contributed by atoms with van der Waals surface area (Å²) >= 11 is 0. The third-order valence-electron chi connectivity index (χ3n) is 3.24. The van der Waals surface area contributed by atoms with Crippen LogP contribution in [0.25, 0.3) is 0 Å². The van der Waals surface area contributed by atoms with Crippen molar-refractivity contribution in [2.24, 2.45) is 5.92 Å². The van der Waals surface area contributed by atoms with E-state index in [2.05, 4.69) is 31.0 Å². The van der Waals surface area contributed by atoms with E-state index in [0.29, 0.717) is 5.92 Å². The van der Waals surface area contributed by atoms with E-state index in [9.17, 15) is 0 Å². The summed E-state index contributed by atoms with van der Waals surface area (Å²) in [7, 11) is 0. The van der Waals surface area contributed by atoms with Gasteiger partial charge in [-0.15, -0.1) is 5.56 Å². The first-order valence-corrected chi connectivity index (χ1v) is 6.20. The summed E-state index contributed by atoms with van der Waals surface area (Å²) in [6.07, 6.45) is 5.40. The van der Waals surface area contributed by atoms with Crippen LogP contribution in [0.1, 0.15) is 43.9 Å². The molecular weight excluding hydrogens is 287 g/mol. The Kier molecular flexibility index (Phi) is 6.83. The van der Waals surface area contributed by atoms with E-state index < -0.39 is 0 Å². The Morgan fingerprint density at radius 1 is 1.41 bits per heavy atom. The molecule has 1 aliphatic rings. The molecule has 1 aromatic heterocycles. The predicted octanol–water partition coefficient (Wildman–Crippen LogP) is 2.97. The number of ether oxygens (including phenoxy) is 1. The van der Waals surface area contributed by atoms with Gasteiger partial charge >= 0.3 is 0 Å². The van der Waals surface area contributed by atoms with Crippen LogP contribution in [0.3, 0.4) is 0 Å². The molecule has 2 nitrogen and oxygen atoms in total. The van der Waals surface area contributed by atoms with Crippen molar-refractivity contribution >= 4 is 0 Å². The summed E-state index contributed by atoms with van der Waals surface area (Å²) < 4.78 is 5.36. The van der Waals surface area contributed by atoms with Crippen molar-refractivity contribution in [2.75, 3.05) is 13.2 Å². The molecule has 0 aliphatic carbocycles.